The zero-order valence-corrected chi connectivity index (χ0v) is 22.4. The van der Waals surface area contributed by atoms with Crippen molar-refractivity contribution in [2.24, 2.45) is 0 Å². The molecule has 0 N–H and O–H groups in total. The Bertz CT molecular complexity index is 1530. The molecule has 0 aliphatic heterocycles. The van der Waals surface area contributed by atoms with Gasteiger partial charge in [0.15, 0.2) is 16.7 Å². The molecule has 0 radical (unpaired) electrons. The summed E-state index contributed by atoms with van der Waals surface area (Å²) in [4.78, 5) is 1.82. The van der Waals surface area contributed by atoms with Crippen LogP contribution in [-0.4, -0.2) is 28.8 Å². The minimum Gasteiger partial charge on any atom is -0.493 e. The van der Waals surface area contributed by atoms with Gasteiger partial charge in [-0.3, -0.25) is 4.40 Å². The molecule has 0 spiro atoms. The highest BCUT2D eigenvalue weighted by atomic mass is 35.5. The van der Waals surface area contributed by atoms with Crippen molar-refractivity contribution in [1.29, 1.82) is 0 Å². The Hall–Kier alpha value is -2.78. The maximum atomic E-state index is 14.4. The molecule has 0 aliphatic carbocycles. The predicted molar refractivity (Wildman–Crippen MR) is 145 cm³/mol. The summed E-state index contributed by atoms with van der Waals surface area (Å²) < 4.78 is 27.2. The fourth-order valence-corrected chi connectivity index (χ4v) is 6.56. The standard InChI is InChI=1S/C26H20Cl2FN3O2S2/c1-33-21-10-9-15(11-22(21)34-2)12-23-24(16-5-3-6-17(27)13-16)32-25(30-31-26(32)36-23)35-14-18-19(28)7-4-8-20(18)29/h3-11,13H,12,14H2,1-2H3. The molecule has 2 heterocycles. The number of benzene rings is 3. The monoisotopic (exact) mass is 559 g/mol. The van der Waals surface area contributed by atoms with Crippen molar-refractivity contribution in [2.45, 2.75) is 17.3 Å². The normalized spacial score (nSPS) is 11.2. The van der Waals surface area contributed by atoms with Gasteiger partial charge in [0.2, 0.25) is 4.96 Å². The van der Waals surface area contributed by atoms with Crippen molar-refractivity contribution < 1.29 is 13.9 Å². The molecule has 0 saturated carbocycles. The summed E-state index contributed by atoms with van der Waals surface area (Å²) in [6, 6.07) is 18.2. The zero-order valence-electron chi connectivity index (χ0n) is 19.3. The number of rotatable bonds is 8. The van der Waals surface area contributed by atoms with Gasteiger partial charge in [-0.25, -0.2) is 4.39 Å². The molecule has 0 amide bonds. The summed E-state index contributed by atoms with van der Waals surface area (Å²) in [5.74, 6) is 1.32. The van der Waals surface area contributed by atoms with Gasteiger partial charge in [-0.15, -0.1) is 10.2 Å². The van der Waals surface area contributed by atoms with Crippen LogP contribution in [-0.2, 0) is 12.2 Å². The highest BCUT2D eigenvalue weighted by Gasteiger charge is 2.21. The fourth-order valence-electron chi connectivity index (χ4n) is 3.92. The molecule has 3 aromatic carbocycles. The lowest BCUT2D eigenvalue weighted by Crippen LogP contribution is -1.97. The van der Waals surface area contributed by atoms with Crippen LogP contribution < -0.4 is 9.47 Å². The van der Waals surface area contributed by atoms with E-state index in [1.54, 1.807) is 37.7 Å². The molecule has 0 bridgehead atoms. The number of fused-ring (bicyclic) bond motifs is 1. The van der Waals surface area contributed by atoms with E-state index in [-0.39, 0.29) is 5.82 Å². The Morgan fingerprint density at radius 2 is 1.78 bits per heavy atom. The summed E-state index contributed by atoms with van der Waals surface area (Å²) in [6.45, 7) is 0. The first kappa shape index (κ1) is 24.9. The molecule has 0 aliphatic rings. The average Bonchev–Trinajstić information content (AvgIpc) is 3.42. The first-order valence-corrected chi connectivity index (χ1v) is 13.4. The molecular weight excluding hydrogens is 540 g/mol. The van der Waals surface area contributed by atoms with Crippen molar-refractivity contribution in [3.8, 4) is 22.8 Å². The predicted octanol–water partition coefficient (Wildman–Crippen LogP) is 7.80. The second-order valence-electron chi connectivity index (χ2n) is 7.84. The van der Waals surface area contributed by atoms with Gasteiger partial charge in [0.25, 0.3) is 0 Å². The van der Waals surface area contributed by atoms with Crippen LogP contribution in [0.25, 0.3) is 16.2 Å². The largest absolute Gasteiger partial charge is 0.493 e. The van der Waals surface area contributed by atoms with Gasteiger partial charge in [0.05, 0.1) is 19.9 Å². The number of methoxy groups -OCH3 is 2. The topological polar surface area (TPSA) is 48.7 Å². The minimum atomic E-state index is -0.342. The Balaban J connectivity index is 1.58. The summed E-state index contributed by atoms with van der Waals surface area (Å²) in [7, 11) is 3.24. The zero-order chi connectivity index (χ0) is 25.2. The Morgan fingerprint density at radius 3 is 2.53 bits per heavy atom. The van der Waals surface area contributed by atoms with Crippen LogP contribution in [0, 0.1) is 5.82 Å². The van der Waals surface area contributed by atoms with E-state index in [1.807, 2.05) is 46.9 Å². The molecule has 5 rings (SSSR count). The number of hydrogen-bond donors (Lipinski definition) is 0. The van der Waals surface area contributed by atoms with E-state index in [2.05, 4.69) is 10.2 Å². The summed E-state index contributed by atoms with van der Waals surface area (Å²) in [5.41, 5.74) is 3.38. The third-order valence-electron chi connectivity index (χ3n) is 5.62. The van der Waals surface area contributed by atoms with Crippen molar-refractivity contribution >= 4 is 51.3 Å². The van der Waals surface area contributed by atoms with Crippen LogP contribution in [0.5, 0.6) is 11.5 Å². The van der Waals surface area contributed by atoms with Gasteiger partial charge in [-0.2, -0.15) is 0 Å². The van der Waals surface area contributed by atoms with Gasteiger partial charge >= 0.3 is 0 Å². The summed E-state index contributed by atoms with van der Waals surface area (Å²) in [5, 5.41) is 10.5. The summed E-state index contributed by atoms with van der Waals surface area (Å²) >= 11 is 15.5. The van der Waals surface area contributed by atoms with E-state index in [0.717, 1.165) is 26.7 Å². The highest BCUT2D eigenvalue weighted by Crippen LogP contribution is 2.39. The lowest BCUT2D eigenvalue weighted by molar-refractivity contribution is 0.354. The molecule has 5 aromatic rings. The van der Waals surface area contributed by atoms with Gasteiger partial charge in [0.1, 0.15) is 5.82 Å². The number of thioether (sulfide) groups is 1. The van der Waals surface area contributed by atoms with Crippen LogP contribution in [0.4, 0.5) is 4.39 Å². The van der Waals surface area contributed by atoms with E-state index >= 15 is 0 Å². The smallest absolute Gasteiger partial charge is 0.217 e. The van der Waals surface area contributed by atoms with Gasteiger partial charge in [-0.1, -0.05) is 70.6 Å². The van der Waals surface area contributed by atoms with Gasteiger partial charge in [0, 0.05) is 38.2 Å². The second-order valence-corrected chi connectivity index (χ2v) is 10.7. The van der Waals surface area contributed by atoms with Crippen LogP contribution in [0.1, 0.15) is 16.0 Å². The lowest BCUT2D eigenvalue weighted by Gasteiger charge is -2.11. The van der Waals surface area contributed by atoms with Crippen LogP contribution >= 0.6 is 46.3 Å². The van der Waals surface area contributed by atoms with Crippen LogP contribution in [0.3, 0.4) is 0 Å². The van der Waals surface area contributed by atoms with E-state index in [9.17, 15) is 4.39 Å². The molecule has 10 heteroatoms. The first-order valence-electron chi connectivity index (χ1n) is 10.9. The molecule has 0 fully saturated rings. The van der Waals surface area contributed by atoms with Crippen LogP contribution in [0.15, 0.2) is 65.8 Å². The van der Waals surface area contributed by atoms with Gasteiger partial charge in [-0.05, 0) is 42.0 Å². The lowest BCUT2D eigenvalue weighted by atomic mass is 10.1. The number of aromatic nitrogens is 3. The molecule has 184 valence electrons. The first-order chi connectivity index (χ1) is 17.5. The van der Waals surface area contributed by atoms with Gasteiger partial charge < -0.3 is 9.47 Å². The molecule has 0 unspecified atom stereocenters. The van der Waals surface area contributed by atoms with Crippen molar-refractivity contribution in [3.05, 3.63) is 92.5 Å². The second kappa shape index (κ2) is 10.7. The number of nitrogens with zero attached hydrogens (tertiary/aromatic N) is 3. The quantitative estimate of drug-likeness (QED) is 0.181. The van der Waals surface area contributed by atoms with E-state index in [0.29, 0.717) is 44.4 Å². The minimum absolute atomic E-state index is 0.322. The Labute approximate surface area is 225 Å². The fraction of sp³-hybridized carbons (Fsp3) is 0.154. The van der Waals surface area contributed by atoms with E-state index in [1.165, 1.54) is 17.8 Å². The SMILES string of the molecule is COc1ccc(Cc2sc3nnc(SCc4c(F)cccc4Cl)n3c2-c2cccc(Cl)c2)cc1OC. The Morgan fingerprint density at radius 1 is 0.972 bits per heavy atom. The number of ether oxygens (including phenoxy) is 2. The molecule has 36 heavy (non-hydrogen) atoms. The maximum absolute atomic E-state index is 14.4. The highest BCUT2D eigenvalue weighted by molar-refractivity contribution is 7.98. The number of halogens is 3. The van der Waals surface area contributed by atoms with Crippen molar-refractivity contribution in [1.82, 2.24) is 14.6 Å². The third kappa shape index (κ3) is 4.91. The van der Waals surface area contributed by atoms with E-state index < -0.39 is 0 Å². The Kier molecular flexibility index (Phi) is 7.39. The van der Waals surface area contributed by atoms with E-state index in [4.69, 9.17) is 32.7 Å². The third-order valence-corrected chi connectivity index (χ3v) is 8.20. The molecule has 5 nitrogen and oxygen atoms in total. The van der Waals surface area contributed by atoms with Crippen molar-refractivity contribution in [3.63, 3.8) is 0 Å². The van der Waals surface area contributed by atoms with Crippen molar-refractivity contribution in [2.75, 3.05) is 14.2 Å². The molecular formula is C26H20Cl2FN3O2S2. The molecule has 0 atom stereocenters. The summed E-state index contributed by atoms with van der Waals surface area (Å²) in [6.07, 6.45) is 0.638. The maximum Gasteiger partial charge on any atom is 0.217 e. The average molecular weight is 561 g/mol. The number of hydrogen-bond acceptors (Lipinski definition) is 6. The molecule has 2 aromatic heterocycles. The number of thiazole rings is 1. The van der Waals surface area contributed by atoms with Crippen LogP contribution in [0.2, 0.25) is 10.0 Å². The molecule has 0 saturated heterocycles.